The first-order valence-corrected chi connectivity index (χ1v) is 5.66. The molecule has 0 aliphatic carbocycles. The molecule has 3 nitrogen and oxygen atoms in total. The Labute approximate surface area is 101 Å². The maximum atomic E-state index is 11.6. The molecule has 88 valence electrons. The molecular weight excluding hydrogens is 224 g/mol. The van der Waals surface area contributed by atoms with Gasteiger partial charge in [0.2, 0.25) is 5.91 Å². The number of benzene rings is 1. The second-order valence-electron chi connectivity index (χ2n) is 4.04. The third-order valence-corrected chi connectivity index (χ3v) is 2.38. The molecule has 0 fully saturated rings. The van der Waals surface area contributed by atoms with E-state index < -0.39 is 0 Å². The number of halogens is 1. The van der Waals surface area contributed by atoms with Crippen LogP contribution in [0.2, 0.25) is 5.02 Å². The van der Waals surface area contributed by atoms with Gasteiger partial charge in [0.25, 0.3) is 0 Å². The molecule has 1 aromatic carbocycles. The van der Waals surface area contributed by atoms with Crippen LogP contribution in [-0.4, -0.2) is 18.5 Å². The predicted molar refractivity (Wildman–Crippen MR) is 68.0 cm³/mol. The van der Waals surface area contributed by atoms with E-state index in [-0.39, 0.29) is 5.91 Å². The van der Waals surface area contributed by atoms with Gasteiger partial charge in [-0.25, -0.2) is 0 Å². The van der Waals surface area contributed by atoms with E-state index in [9.17, 15) is 4.79 Å². The molecule has 1 rings (SSSR count). The van der Waals surface area contributed by atoms with Gasteiger partial charge in [-0.2, -0.15) is 0 Å². The highest BCUT2D eigenvalue weighted by Gasteiger charge is 2.05. The minimum atomic E-state index is -0.0564. The van der Waals surface area contributed by atoms with Gasteiger partial charge in [0.05, 0.1) is 6.54 Å². The van der Waals surface area contributed by atoms with Crippen molar-refractivity contribution in [3.8, 4) is 0 Å². The molecule has 0 aromatic heterocycles. The Morgan fingerprint density at radius 3 is 2.75 bits per heavy atom. The summed E-state index contributed by atoms with van der Waals surface area (Å²) >= 11 is 5.86. The van der Waals surface area contributed by atoms with Gasteiger partial charge >= 0.3 is 0 Å². The fourth-order valence-corrected chi connectivity index (χ4v) is 1.39. The number of hydrogen-bond acceptors (Lipinski definition) is 2. The van der Waals surface area contributed by atoms with Crippen molar-refractivity contribution in [3.63, 3.8) is 0 Å². The largest absolute Gasteiger partial charge is 0.325 e. The molecule has 0 aliphatic heterocycles. The summed E-state index contributed by atoms with van der Waals surface area (Å²) in [5.41, 5.74) is 1.77. The molecule has 0 aliphatic rings. The average Bonchev–Trinajstić information content (AvgIpc) is 2.20. The third-order valence-electron chi connectivity index (χ3n) is 2.14. The molecule has 0 saturated carbocycles. The Balaban J connectivity index is 2.59. The second-order valence-corrected chi connectivity index (χ2v) is 4.48. The fourth-order valence-electron chi connectivity index (χ4n) is 1.22. The minimum Gasteiger partial charge on any atom is -0.325 e. The maximum Gasteiger partial charge on any atom is 0.238 e. The quantitative estimate of drug-likeness (QED) is 0.850. The van der Waals surface area contributed by atoms with Crippen molar-refractivity contribution in [2.45, 2.75) is 26.8 Å². The van der Waals surface area contributed by atoms with E-state index in [4.69, 9.17) is 11.6 Å². The molecule has 0 atom stereocenters. The molecule has 0 saturated heterocycles. The number of hydrogen-bond donors (Lipinski definition) is 2. The van der Waals surface area contributed by atoms with Gasteiger partial charge in [-0.3, -0.25) is 4.79 Å². The van der Waals surface area contributed by atoms with E-state index in [0.29, 0.717) is 17.6 Å². The molecule has 0 unspecified atom stereocenters. The van der Waals surface area contributed by atoms with Crippen LogP contribution in [0.4, 0.5) is 5.69 Å². The Morgan fingerprint density at radius 2 is 2.12 bits per heavy atom. The van der Waals surface area contributed by atoms with Crippen molar-refractivity contribution in [3.05, 3.63) is 28.8 Å². The van der Waals surface area contributed by atoms with Gasteiger partial charge in [-0.05, 0) is 24.6 Å². The Hall–Kier alpha value is -1.06. The van der Waals surface area contributed by atoms with E-state index >= 15 is 0 Å². The SMILES string of the molecule is Cc1ccc(Cl)cc1NC(=O)CNC(C)C. The minimum absolute atomic E-state index is 0.0564. The summed E-state index contributed by atoms with van der Waals surface area (Å²) in [7, 11) is 0. The molecule has 2 N–H and O–H groups in total. The van der Waals surface area contributed by atoms with Crippen LogP contribution in [0, 0.1) is 6.92 Å². The van der Waals surface area contributed by atoms with E-state index in [1.165, 1.54) is 0 Å². The van der Waals surface area contributed by atoms with E-state index in [1.54, 1.807) is 12.1 Å². The Morgan fingerprint density at radius 1 is 1.44 bits per heavy atom. The lowest BCUT2D eigenvalue weighted by Gasteiger charge is -2.11. The zero-order valence-electron chi connectivity index (χ0n) is 9.80. The van der Waals surface area contributed by atoms with Crippen LogP contribution in [-0.2, 0) is 4.79 Å². The first-order chi connectivity index (χ1) is 7.49. The van der Waals surface area contributed by atoms with Crippen LogP contribution in [0.5, 0.6) is 0 Å². The number of carbonyl (C=O) groups is 1. The maximum absolute atomic E-state index is 11.6. The number of carbonyl (C=O) groups excluding carboxylic acids is 1. The number of rotatable bonds is 4. The van der Waals surface area contributed by atoms with Crippen LogP contribution in [0.3, 0.4) is 0 Å². The summed E-state index contributed by atoms with van der Waals surface area (Å²) < 4.78 is 0. The number of anilines is 1. The molecule has 1 aromatic rings. The van der Waals surface area contributed by atoms with Gasteiger partial charge in [0.15, 0.2) is 0 Å². The number of amides is 1. The monoisotopic (exact) mass is 240 g/mol. The first-order valence-electron chi connectivity index (χ1n) is 5.28. The zero-order valence-corrected chi connectivity index (χ0v) is 10.6. The number of aryl methyl sites for hydroxylation is 1. The molecule has 0 radical (unpaired) electrons. The normalized spacial score (nSPS) is 10.6. The van der Waals surface area contributed by atoms with Crippen molar-refractivity contribution < 1.29 is 4.79 Å². The van der Waals surface area contributed by atoms with Gasteiger partial charge in [-0.15, -0.1) is 0 Å². The van der Waals surface area contributed by atoms with E-state index in [0.717, 1.165) is 11.3 Å². The third kappa shape index (κ3) is 4.21. The molecule has 4 heteroatoms. The Bertz CT molecular complexity index is 377. The summed E-state index contributed by atoms with van der Waals surface area (Å²) in [6.45, 7) is 6.24. The highest BCUT2D eigenvalue weighted by Crippen LogP contribution is 2.19. The van der Waals surface area contributed by atoms with Gasteiger partial charge < -0.3 is 10.6 Å². The molecule has 1 amide bonds. The molecular formula is C12H17ClN2O. The molecule has 0 bridgehead atoms. The van der Waals surface area contributed by atoms with Crippen molar-refractivity contribution in [1.29, 1.82) is 0 Å². The highest BCUT2D eigenvalue weighted by molar-refractivity contribution is 6.31. The molecule has 16 heavy (non-hydrogen) atoms. The van der Waals surface area contributed by atoms with Crippen LogP contribution in [0.25, 0.3) is 0 Å². The van der Waals surface area contributed by atoms with Crippen molar-refractivity contribution in [2.75, 3.05) is 11.9 Å². The lowest BCUT2D eigenvalue weighted by molar-refractivity contribution is -0.115. The van der Waals surface area contributed by atoms with Crippen LogP contribution in [0.15, 0.2) is 18.2 Å². The zero-order chi connectivity index (χ0) is 12.1. The summed E-state index contributed by atoms with van der Waals surface area (Å²) in [6.07, 6.45) is 0. The smallest absolute Gasteiger partial charge is 0.238 e. The van der Waals surface area contributed by atoms with Crippen LogP contribution < -0.4 is 10.6 Å². The van der Waals surface area contributed by atoms with E-state index in [2.05, 4.69) is 10.6 Å². The van der Waals surface area contributed by atoms with Gasteiger partial charge in [0.1, 0.15) is 0 Å². The Kier molecular flexibility index (Phi) is 4.77. The van der Waals surface area contributed by atoms with Crippen LogP contribution in [0.1, 0.15) is 19.4 Å². The lowest BCUT2D eigenvalue weighted by Crippen LogP contribution is -2.32. The highest BCUT2D eigenvalue weighted by atomic mass is 35.5. The topological polar surface area (TPSA) is 41.1 Å². The van der Waals surface area contributed by atoms with Crippen molar-refractivity contribution >= 4 is 23.2 Å². The number of nitrogens with one attached hydrogen (secondary N) is 2. The van der Waals surface area contributed by atoms with Crippen molar-refractivity contribution in [2.24, 2.45) is 0 Å². The predicted octanol–water partition coefficient (Wildman–Crippen LogP) is 2.58. The summed E-state index contributed by atoms with van der Waals surface area (Å²) in [5, 5.41) is 6.50. The lowest BCUT2D eigenvalue weighted by atomic mass is 10.2. The standard InChI is InChI=1S/C12H17ClN2O/c1-8(2)14-7-12(16)15-11-6-10(13)5-4-9(11)3/h4-6,8,14H,7H2,1-3H3,(H,15,16). The average molecular weight is 241 g/mol. The van der Waals surface area contributed by atoms with E-state index in [1.807, 2.05) is 26.8 Å². The van der Waals surface area contributed by atoms with Gasteiger partial charge in [-0.1, -0.05) is 31.5 Å². The molecule has 0 spiro atoms. The summed E-state index contributed by atoms with van der Waals surface area (Å²) in [5.74, 6) is -0.0564. The first kappa shape index (κ1) is 13.0. The van der Waals surface area contributed by atoms with Crippen molar-refractivity contribution in [1.82, 2.24) is 5.32 Å². The molecule has 0 heterocycles. The van der Waals surface area contributed by atoms with Crippen LogP contribution >= 0.6 is 11.6 Å². The fraction of sp³-hybridized carbons (Fsp3) is 0.417. The summed E-state index contributed by atoms with van der Waals surface area (Å²) in [4.78, 5) is 11.6. The summed E-state index contributed by atoms with van der Waals surface area (Å²) in [6, 6.07) is 5.74. The second kappa shape index (κ2) is 5.87. The van der Waals surface area contributed by atoms with Gasteiger partial charge in [0, 0.05) is 16.8 Å².